The summed E-state index contributed by atoms with van der Waals surface area (Å²) in [5, 5.41) is 3.07. The molecule has 0 unspecified atom stereocenters. The summed E-state index contributed by atoms with van der Waals surface area (Å²) < 4.78 is 38.5. The number of rotatable bonds is 3. The van der Waals surface area contributed by atoms with Gasteiger partial charge in [-0.05, 0) is 29.8 Å². The number of anilines is 1. The molecule has 0 fully saturated rings. The Hall–Kier alpha value is -1.20. The molecule has 0 saturated heterocycles. The van der Waals surface area contributed by atoms with Gasteiger partial charge in [0.05, 0.1) is 16.3 Å². The van der Waals surface area contributed by atoms with E-state index in [2.05, 4.69) is 21.2 Å². The van der Waals surface area contributed by atoms with Crippen molar-refractivity contribution in [2.75, 3.05) is 5.32 Å². The van der Waals surface area contributed by atoms with Gasteiger partial charge in [0.25, 0.3) is 0 Å². The Morgan fingerprint density at radius 1 is 1.10 bits per heavy atom. The lowest BCUT2D eigenvalue weighted by molar-refractivity contribution is -0.137. The highest BCUT2D eigenvalue weighted by Crippen LogP contribution is 2.34. The van der Waals surface area contributed by atoms with Crippen LogP contribution >= 0.6 is 27.5 Å². The molecule has 106 valence electrons. The highest BCUT2D eigenvalue weighted by molar-refractivity contribution is 9.10. The Morgan fingerprint density at radius 2 is 1.80 bits per heavy atom. The second kappa shape index (κ2) is 6.06. The minimum Gasteiger partial charge on any atom is -0.380 e. The van der Waals surface area contributed by atoms with Crippen molar-refractivity contribution < 1.29 is 13.2 Å². The Kier molecular flexibility index (Phi) is 4.60. The number of benzene rings is 2. The van der Waals surface area contributed by atoms with E-state index >= 15 is 0 Å². The van der Waals surface area contributed by atoms with Gasteiger partial charge in [-0.3, -0.25) is 0 Å². The van der Waals surface area contributed by atoms with Crippen molar-refractivity contribution in [3.05, 3.63) is 63.1 Å². The van der Waals surface area contributed by atoms with Crippen LogP contribution in [0.5, 0.6) is 0 Å². The van der Waals surface area contributed by atoms with E-state index in [0.717, 1.165) is 22.2 Å². The fourth-order valence-corrected chi connectivity index (χ4v) is 2.34. The molecule has 0 radical (unpaired) electrons. The minimum atomic E-state index is -4.38. The Balaban J connectivity index is 2.13. The monoisotopic (exact) mass is 363 g/mol. The average molecular weight is 365 g/mol. The van der Waals surface area contributed by atoms with E-state index in [0.29, 0.717) is 12.2 Å². The largest absolute Gasteiger partial charge is 0.416 e. The number of halogens is 5. The third kappa shape index (κ3) is 3.67. The van der Waals surface area contributed by atoms with E-state index in [9.17, 15) is 13.2 Å². The molecular weight excluding hydrogens is 355 g/mol. The predicted octanol–water partition coefficient (Wildman–Crippen LogP) is 5.73. The van der Waals surface area contributed by atoms with E-state index in [-0.39, 0.29) is 5.02 Å². The molecule has 0 amide bonds. The molecule has 0 atom stereocenters. The summed E-state index contributed by atoms with van der Waals surface area (Å²) in [6.45, 7) is 0.465. The molecule has 0 bridgehead atoms. The van der Waals surface area contributed by atoms with Crippen LogP contribution in [0.3, 0.4) is 0 Å². The third-order valence-corrected chi connectivity index (χ3v) is 3.81. The van der Waals surface area contributed by atoms with Gasteiger partial charge in [-0.1, -0.05) is 45.7 Å². The standard InChI is InChI=1S/C14H10BrClF3N/c15-11-4-2-1-3-9(11)8-20-13-6-5-10(7-12(13)16)14(17,18)19/h1-7,20H,8H2. The zero-order chi connectivity index (χ0) is 14.8. The number of hydrogen-bond acceptors (Lipinski definition) is 1. The van der Waals surface area contributed by atoms with Crippen LogP contribution in [0.4, 0.5) is 18.9 Å². The summed E-state index contributed by atoms with van der Waals surface area (Å²) in [7, 11) is 0. The molecule has 2 aromatic rings. The summed E-state index contributed by atoms with van der Waals surface area (Å²) >= 11 is 9.27. The Labute approximate surface area is 127 Å². The van der Waals surface area contributed by atoms with Gasteiger partial charge >= 0.3 is 6.18 Å². The number of nitrogens with one attached hydrogen (secondary N) is 1. The smallest absolute Gasteiger partial charge is 0.380 e. The van der Waals surface area contributed by atoms with Gasteiger partial charge in [-0.25, -0.2) is 0 Å². The molecule has 0 aliphatic heterocycles. The van der Waals surface area contributed by atoms with E-state index in [1.165, 1.54) is 6.07 Å². The molecule has 1 nitrogen and oxygen atoms in total. The van der Waals surface area contributed by atoms with E-state index < -0.39 is 11.7 Å². The first-order valence-electron chi connectivity index (χ1n) is 5.72. The minimum absolute atomic E-state index is 0.0480. The first-order valence-corrected chi connectivity index (χ1v) is 6.89. The second-order valence-corrected chi connectivity index (χ2v) is 5.40. The quantitative estimate of drug-likeness (QED) is 0.733. The first kappa shape index (κ1) is 15.2. The summed E-state index contributed by atoms with van der Waals surface area (Å²) in [5.41, 5.74) is 0.702. The van der Waals surface area contributed by atoms with Gasteiger partial charge in [-0.15, -0.1) is 0 Å². The predicted molar refractivity (Wildman–Crippen MR) is 77.9 cm³/mol. The molecule has 0 aliphatic carbocycles. The van der Waals surface area contributed by atoms with Gasteiger partial charge in [-0.2, -0.15) is 13.2 Å². The molecule has 1 N–H and O–H groups in total. The third-order valence-electron chi connectivity index (χ3n) is 2.72. The normalized spacial score (nSPS) is 11.4. The fraction of sp³-hybridized carbons (Fsp3) is 0.143. The van der Waals surface area contributed by atoms with E-state index in [4.69, 9.17) is 11.6 Å². The summed E-state index contributed by atoms with van der Waals surface area (Å²) in [6.07, 6.45) is -4.38. The average Bonchev–Trinajstić information content (AvgIpc) is 2.38. The van der Waals surface area contributed by atoms with Crippen LogP contribution in [0, 0.1) is 0 Å². The van der Waals surface area contributed by atoms with E-state index in [1.54, 1.807) is 0 Å². The highest BCUT2D eigenvalue weighted by Gasteiger charge is 2.30. The van der Waals surface area contributed by atoms with Gasteiger partial charge in [0.2, 0.25) is 0 Å². The van der Waals surface area contributed by atoms with Crippen LogP contribution in [0.1, 0.15) is 11.1 Å². The van der Waals surface area contributed by atoms with Crippen LogP contribution < -0.4 is 5.32 Å². The van der Waals surface area contributed by atoms with Crippen LogP contribution in [-0.2, 0) is 12.7 Å². The lowest BCUT2D eigenvalue weighted by atomic mass is 10.2. The van der Waals surface area contributed by atoms with Gasteiger partial charge in [0.15, 0.2) is 0 Å². The van der Waals surface area contributed by atoms with Crippen LogP contribution in [0.2, 0.25) is 5.02 Å². The molecule has 0 aliphatic rings. The molecule has 0 aromatic heterocycles. The van der Waals surface area contributed by atoms with Crippen molar-refractivity contribution >= 4 is 33.2 Å². The summed E-state index contributed by atoms with van der Waals surface area (Å²) in [4.78, 5) is 0. The van der Waals surface area contributed by atoms with E-state index in [1.807, 2.05) is 24.3 Å². The van der Waals surface area contributed by atoms with Crippen molar-refractivity contribution in [1.82, 2.24) is 0 Å². The number of alkyl halides is 3. The van der Waals surface area contributed by atoms with Crippen molar-refractivity contribution in [3.8, 4) is 0 Å². The van der Waals surface area contributed by atoms with Crippen LogP contribution in [0.15, 0.2) is 46.9 Å². The fourth-order valence-electron chi connectivity index (χ4n) is 1.67. The molecule has 0 heterocycles. The topological polar surface area (TPSA) is 12.0 Å². The molecule has 2 aromatic carbocycles. The zero-order valence-electron chi connectivity index (χ0n) is 10.1. The van der Waals surface area contributed by atoms with Crippen LogP contribution in [0.25, 0.3) is 0 Å². The highest BCUT2D eigenvalue weighted by atomic mass is 79.9. The zero-order valence-corrected chi connectivity index (χ0v) is 12.5. The SMILES string of the molecule is FC(F)(F)c1ccc(NCc2ccccc2Br)c(Cl)c1. The van der Waals surface area contributed by atoms with Crippen molar-refractivity contribution in [2.45, 2.75) is 12.7 Å². The molecule has 6 heteroatoms. The molecule has 2 rings (SSSR count). The molecule has 20 heavy (non-hydrogen) atoms. The first-order chi connectivity index (χ1) is 9.38. The maximum atomic E-state index is 12.5. The second-order valence-electron chi connectivity index (χ2n) is 4.14. The molecule has 0 spiro atoms. The van der Waals surface area contributed by atoms with Crippen molar-refractivity contribution in [3.63, 3.8) is 0 Å². The summed E-state index contributed by atoms with van der Waals surface area (Å²) in [6, 6.07) is 10.8. The lowest BCUT2D eigenvalue weighted by Crippen LogP contribution is -2.06. The van der Waals surface area contributed by atoms with Crippen LogP contribution in [-0.4, -0.2) is 0 Å². The maximum absolute atomic E-state index is 12.5. The molecule has 0 saturated carbocycles. The van der Waals surface area contributed by atoms with Crippen molar-refractivity contribution in [1.29, 1.82) is 0 Å². The van der Waals surface area contributed by atoms with Gasteiger partial charge in [0.1, 0.15) is 0 Å². The Morgan fingerprint density at radius 3 is 2.40 bits per heavy atom. The Bertz CT molecular complexity index is 614. The van der Waals surface area contributed by atoms with Crippen molar-refractivity contribution in [2.24, 2.45) is 0 Å². The summed E-state index contributed by atoms with van der Waals surface area (Å²) in [5.74, 6) is 0. The molecular formula is C14H10BrClF3N. The lowest BCUT2D eigenvalue weighted by Gasteiger charge is -2.12. The van der Waals surface area contributed by atoms with Gasteiger partial charge < -0.3 is 5.32 Å². The van der Waals surface area contributed by atoms with Gasteiger partial charge in [0, 0.05) is 11.0 Å². The number of hydrogen-bond donors (Lipinski definition) is 1. The maximum Gasteiger partial charge on any atom is 0.416 e.